The smallest absolute Gasteiger partial charge is 0.133 e. The van der Waals surface area contributed by atoms with E-state index in [0.717, 1.165) is 29.0 Å². The van der Waals surface area contributed by atoms with E-state index in [1.165, 1.54) is 0 Å². The Labute approximate surface area is 120 Å². The number of rotatable bonds is 2. The van der Waals surface area contributed by atoms with Crippen LogP contribution < -0.4 is 0 Å². The fourth-order valence-corrected chi connectivity index (χ4v) is 3.19. The standard InChI is InChI=1S/C12H8BrClF2OS/c1-5-2-9(18-12(5)14)11(17)10-7(15)3-6(13)4-8(10)16/h2-4,11,17H,1H3. The lowest BCUT2D eigenvalue weighted by Gasteiger charge is -2.11. The third kappa shape index (κ3) is 2.59. The van der Waals surface area contributed by atoms with Gasteiger partial charge < -0.3 is 5.11 Å². The lowest BCUT2D eigenvalue weighted by Crippen LogP contribution is -2.04. The van der Waals surface area contributed by atoms with E-state index in [1.807, 2.05) is 0 Å². The molecule has 0 amide bonds. The molecular formula is C12H8BrClF2OS. The predicted molar refractivity (Wildman–Crippen MR) is 72.2 cm³/mol. The molecule has 1 aromatic heterocycles. The molecule has 0 aliphatic rings. The summed E-state index contributed by atoms with van der Waals surface area (Å²) in [6.45, 7) is 1.77. The quantitative estimate of drug-likeness (QED) is 0.819. The summed E-state index contributed by atoms with van der Waals surface area (Å²) < 4.78 is 28.2. The molecule has 1 unspecified atom stereocenters. The number of hydrogen-bond donors (Lipinski definition) is 1. The average Bonchev–Trinajstić information content (AvgIpc) is 2.57. The zero-order chi connectivity index (χ0) is 13.4. The summed E-state index contributed by atoms with van der Waals surface area (Å²) in [5, 5.41) is 10.0. The first kappa shape index (κ1) is 13.9. The van der Waals surface area contributed by atoms with Gasteiger partial charge in [0.25, 0.3) is 0 Å². The van der Waals surface area contributed by atoms with Crippen LogP contribution in [-0.4, -0.2) is 5.11 Å². The van der Waals surface area contributed by atoms with Gasteiger partial charge in [-0.1, -0.05) is 27.5 Å². The molecule has 0 fully saturated rings. The molecule has 18 heavy (non-hydrogen) atoms. The van der Waals surface area contributed by atoms with Crippen molar-refractivity contribution in [2.75, 3.05) is 0 Å². The molecule has 96 valence electrons. The number of thiophene rings is 1. The normalized spacial score (nSPS) is 12.8. The Morgan fingerprint density at radius 3 is 2.28 bits per heavy atom. The summed E-state index contributed by atoms with van der Waals surface area (Å²) in [6, 6.07) is 3.85. The molecule has 1 atom stereocenters. The Bertz CT molecular complexity index is 557. The van der Waals surface area contributed by atoms with Gasteiger partial charge in [0.2, 0.25) is 0 Å². The SMILES string of the molecule is Cc1cc(C(O)c2c(F)cc(Br)cc2F)sc1Cl. The van der Waals surface area contributed by atoms with Gasteiger partial charge in [0.15, 0.2) is 0 Å². The summed E-state index contributed by atoms with van der Waals surface area (Å²) >= 11 is 9.98. The van der Waals surface area contributed by atoms with Crippen molar-refractivity contribution in [2.45, 2.75) is 13.0 Å². The van der Waals surface area contributed by atoms with E-state index in [4.69, 9.17) is 11.6 Å². The van der Waals surface area contributed by atoms with Crippen molar-refractivity contribution < 1.29 is 13.9 Å². The summed E-state index contributed by atoms with van der Waals surface area (Å²) in [5.74, 6) is -1.59. The van der Waals surface area contributed by atoms with E-state index in [2.05, 4.69) is 15.9 Å². The molecule has 2 rings (SSSR count). The van der Waals surface area contributed by atoms with Crippen molar-refractivity contribution >= 4 is 38.9 Å². The number of hydrogen-bond acceptors (Lipinski definition) is 2. The van der Waals surface area contributed by atoms with Crippen molar-refractivity contribution in [2.24, 2.45) is 0 Å². The second-order valence-electron chi connectivity index (χ2n) is 3.79. The van der Waals surface area contributed by atoms with Crippen LogP contribution in [0.1, 0.15) is 22.1 Å². The van der Waals surface area contributed by atoms with Crippen molar-refractivity contribution in [3.63, 3.8) is 0 Å². The molecule has 0 spiro atoms. The Hall–Kier alpha value is -0.490. The maximum absolute atomic E-state index is 13.7. The largest absolute Gasteiger partial charge is 0.383 e. The van der Waals surface area contributed by atoms with Crippen molar-refractivity contribution in [3.05, 3.63) is 54.6 Å². The Morgan fingerprint density at radius 1 is 1.28 bits per heavy atom. The first-order valence-corrected chi connectivity index (χ1v) is 6.97. The number of aliphatic hydroxyl groups is 1. The molecule has 2 aromatic rings. The van der Waals surface area contributed by atoms with Crippen LogP contribution in [0.25, 0.3) is 0 Å². The third-order valence-electron chi connectivity index (χ3n) is 2.46. The molecule has 0 bridgehead atoms. The summed E-state index contributed by atoms with van der Waals surface area (Å²) in [6.07, 6.45) is -1.35. The van der Waals surface area contributed by atoms with Gasteiger partial charge in [0, 0.05) is 9.35 Å². The van der Waals surface area contributed by atoms with Crippen LogP contribution in [0, 0.1) is 18.6 Å². The second kappa shape index (κ2) is 5.25. The molecule has 6 heteroatoms. The molecular weight excluding hydrogens is 346 g/mol. The van der Waals surface area contributed by atoms with E-state index in [-0.39, 0.29) is 10.0 Å². The van der Waals surface area contributed by atoms with Gasteiger partial charge in [-0.25, -0.2) is 8.78 Å². The maximum Gasteiger partial charge on any atom is 0.133 e. The highest BCUT2D eigenvalue weighted by Gasteiger charge is 2.22. The van der Waals surface area contributed by atoms with Crippen LogP contribution in [0.5, 0.6) is 0 Å². The van der Waals surface area contributed by atoms with E-state index in [9.17, 15) is 13.9 Å². The number of halogens is 4. The Balaban J connectivity index is 2.49. The molecule has 0 saturated heterocycles. The topological polar surface area (TPSA) is 20.2 Å². The molecule has 0 aliphatic carbocycles. The molecule has 0 saturated carbocycles. The number of aryl methyl sites for hydroxylation is 1. The highest BCUT2D eigenvalue weighted by molar-refractivity contribution is 9.10. The van der Waals surface area contributed by atoms with Crippen LogP contribution in [-0.2, 0) is 0 Å². The lowest BCUT2D eigenvalue weighted by molar-refractivity contribution is 0.212. The fourth-order valence-electron chi connectivity index (χ4n) is 1.58. The van der Waals surface area contributed by atoms with E-state index in [0.29, 0.717) is 9.21 Å². The fraction of sp³-hybridized carbons (Fsp3) is 0.167. The molecule has 1 nitrogen and oxygen atoms in total. The first-order valence-electron chi connectivity index (χ1n) is 4.98. The van der Waals surface area contributed by atoms with Crippen LogP contribution in [0.4, 0.5) is 8.78 Å². The van der Waals surface area contributed by atoms with E-state index >= 15 is 0 Å². The minimum Gasteiger partial charge on any atom is -0.383 e. The van der Waals surface area contributed by atoms with Gasteiger partial charge in [-0.3, -0.25) is 0 Å². The van der Waals surface area contributed by atoms with Crippen molar-refractivity contribution in [3.8, 4) is 0 Å². The molecule has 0 aliphatic heterocycles. The van der Waals surface area contributed by atoms with Gasteiger partial charge in [0.1, 0.15) is 17.7 Å². The van der Waals surface area contributed by atoms with Gasteiger partial charge >= 0.3 is 0 Å². The molecule has 1 aromatic carbocycles. The van der Waals surface area contributed by atoms with Crippen LogP contribution in [0.3, 0.4) is 0 Å². The third-order valence-corrected chi connectivity index (χ3v) is 4.53. The summed E-state index contributed by atoms with van der Waals surface area (Å²) in [4.78, 5) is 0.414. The van der Waals surface area contributed by atoms with Crippen LogP contribution in [0.2, 0.25) is 4.34 Å². The van der Waals surface area contributed by atoms with Crippen LogP contribution in [0.15, 0.2) is 22.7 Å². The second-order valence-corrected chi connectivity index (χ2v) is 6.39. The highest BCUT2D eigenvalue weighted by atomic mass is 79.9. The summed E-state index contributed by atoms with van der Waals surface area (Å²) in [7, 11) is 0. The lowest BCUT2D eigenvalue weighted by atomic mass is 10.1. The zero-order valence-corrected chi connectivity index (χ0v) is 12.3. The maximum atomic E-state index is 13.7. The van der Waals surface area contributed by atoms with E-state index < -0.39 is 17.7 Å². The number of aliphatic hydroxyl groups excluding tert-OH is 1. The Kier molecular flexibility index (Phi) is 4.06. The minimum atomic E-state index is -1.35. The average molecular weight is 354 g/mol. The first-order chi connectivity index (χ1) is 8.40. The van der Waals surface area contributed by atoms with Crippen molar-refractivity contribution in [1.82, 2.24) is 0 Å². The zero-order valence-electron chi connectivity index (χ0n) is 9.18. The highest BCUT2D eigenvalue weighted by Crippen LogP contribution is 2.36. The molecule has 1 N–H and O–H groups in total. The van der Waals surface area contributed by atoms with Gasteiger partial charge in [-0.15, -0.1) is 11.3 Å². The minimum absolute atomic E-state index is 0.286. The van der Waals surface area contributed by atoms with Crippen molar-refractivity contribution in [1.29, 1.82) is 0 Å². The van der Waals surface area contributed by atoms with E-state index in [1.54, 1.807) is 13.0 Å². The molecule has 0 radical (unpaired) electrons. The number of benzene rings is 1. The predicted octanol–water partition coefficient (Wildman–Crippen LogP) is 4.83. The van der Waals surface area contributed by atoms with Gasteiger partial charge in [0.05, 0.1) is 9.90 Å². The summed E-state index contributed by atoms with van der Waals surface area (Å²) in [5.41, 5.74) is 0.407. The van der Waals surface area contributed by atoms with Gasteiger partial charge in [-0.05, 0) is 30.7 Å². The van der Waals surface area contributed by atoms with Gasteiger partial charge in [-0.2, -0.15) is 0 Å². The monoisotopic (exact) mass is 352 g/mol. The van der Waals surface area contributed by atoms with Crippen LogP contribution >= 0.6 is 38.9 Å². The Morgan fingerprint density at radius 2 is 1.83 bits per heavy atom. The molecule has 1 heterocycles.